The zero-order chi connectivity index (χ0) is 22.3. The molecule has 0 atom stereocenters. The molecule has 0 bridgehead atoms. The van der Waals surface area contributed by atoms with Crippen molar-refractivity contribution >= 4 is 33.1 Å². The Morgan fingerprint density at radius 2 is 2.03 bits per heavy atom. The van der Waals surface area contributed by atoms with Crippen LogP contribution in [0.3, 0.4) is 0 Å². The summed E-state index contributed by atoms with van der Waals surface area (Å²) in [7, 11) is 0. The lowest BCUT2D eigenvalue weighted by atomic mass is 9.65. The van der Waals surface area contributed by atoms with Gasteiger partial charge in [-0.15, -0.1) is 11.3 Å². The van der Waals surface area contributed by atoms with Gasteiger partial charge < -0.3 is 10.2 Å². The molecule has 32 heavy (non-hydrogen) atoms. The fraction of sp³-hybridized carbons (Fsp3) is 0.435. The van der Waals surface area contributed by atoms with Gasteiger partial charge in [-0.2, -0.15) is 18.4 Å². The highest BCUT2D eigenvalue weighted by molar-refractivity contribution is 7.18. The molecule has 168 valence electrons. The van der Waals surface area contributed by atoms with Gasteiger partial charge in [0.25, 0.3) is 0 Å². The molecule has 0 amide bonds. The first-order chi connectivity index (χ1) is 15.3. The predicted molar refractivity (Wildman–Crippen MR) is 121 cm³/mol. The highest BCUT2D eigenvalue weighted by atomic mass is 32.1. The van der Waals surface area contributed by atoms with Gasteiger partial charge in [0.15, 0.2) is 0 Å². The van der Waals surface area contributed by atoms with Crippen molar-refractivity contribution in [2.24, 2.45) is 5.41 Å². The molecule has 0 unspecified atom stereocenters. The summed E-state index contributed by atoms with van der Waals surface area (Å²) in [4.78, 5) is 11.7. The third-order valence-electron chi connectivity index (χ3n) is 6.44. The van der Waals surface area contributed by atoms with Gasteiger partial charge in [0.1, 0.15) is 17.0 Å². The molecule has 1 aliphatic carbocycles. The molecule has 2 fully saturated rings. The SMILES string of the molecule is N#CCc1ccc(NC2CC3(CCN(c4ncnc5sc(CC(F)(F)F)cc45)C3)C2)cc1.[HH]. The monoisotopic (exact) mass is 459 g/mol. The molecular formula is C23H24F3N5S. The summed E-state index contributed by atoms with van der Waals surface area (Å²) in [6.45, 7) is 1.72. The highest BCUT2D eigenvalue weighted by Gasteiger charge is 2.49. The van der Waals surface area contributed by atoms with E-state index in [1.807, 2.05) is 24.3 Å². The third-order valence-corrected chi connectivity index (χ3v) is 7.48. The van der Waals surface area contributed by atoms with E-state index in [9.17, 15) is 13.2 Å². The number of fused-ring (bicyclic) bond motifs is 1. The van der Waals surface area contributed by atoms with Crippen molar-refractivity contribution in [3.8, 4) is 6.07 Å². The number of alkyl halides is 3. The van der Waals surface area contributed by atoms with E-state index in [4.69, 9.17) is 5.26 Å². The molecule has 3 heterocycles. The molecule has 5 nitrogen and oxygen atoms in total. The number of halogens is 3. The minimum absolute atomic E-state index is 0. The van der Waals surface area contributed by atoms with E-state index < -0.39 is 12.6 Å². The van der Waals surface area contributed by atoms with Crippen LogP contribution in [-0.2, 0) is 12.8 Å². The lowest BCUT2D eigenvalue weighted by Gasteiger charge is -2.46. The van der Waals surface area contributed by atoms with Crippen LogP contribution in [0.4, 0.5) is 24.7 Å². The van der Waals surface area contributed by atoms with Crippen LogP contribution < -0.4 is 10.2 Å². The Bertz CT molecular complexity index is 1170. The Balaban J connectivity index is 0.00000259. The fourth-order valence-corrected chi connectivity index (χ4v) is 6.03. The number of thiophene rings is 1. The number of nitriles is 1. The van der Waals surface area contributed by atoms with Crippen LogP contribution in [0.5, 0.6) is 0 Å². The first-order valence-corrected chi connectivity index (χ1v) is 11.4. The van der Waals surface area contributed by atoms with E-state index in [-0.39, 0.29) is 11.7 Å². The molecule has 2 aliphatic rings. The number of benzene rings is 1. The lowest BCUT2D eigenvalue weighted by Crippen LogP contribution is -2.46. The van der Waals surface area contributed by atoms with Crippen LogP contribution in [0.25, 0.3) is 10.2 Å². The smallest absolute Gasteiger partial charge is 0.382 e. The van der Waals surface area contributed by atoms with E-state index >= 15 is 0 Å². The highest BCUT2D eigenvalue weighted by Crippen LogP contribution is 2.50. The maximum Gasteiger partial charge on any atom is 0.393 e. The van der Waals surface area contributed by atoms with Crippen molar-refractivity contribution in [3.63, 3.8) is 0 Å². The quantitative estimate of drug-likeness (QED) is 0.540. The predicted octanol–water partition coefficient (Wildman–Crippen LogP) is 5.58. The summed E-state index contributed by atoms with van der Waals surface area (Å²) < 4.78 is 38.4. The average Bonchev–Trinajstić information content (AvgIpc) is 3.32. The van der Waals surface area contributed by atoms with Gasteiger partial charge >= 0.3 is 6.18 Å². The fourth-order valence-electron chi connectivity index (χ4n) is 5.01. The van der Waals surface area contributed by atoms with Crippen LogP contribution >= 0.6 is 11.3 Å². The molecule has 1 aromatic carbocycles. The molecule has 1 saturated carbocycles. The molecular weight excluding hydrogens is 435 g/mol. The Morgan fingerprint density at radius 1 is 1.25 bits per heavy atom. The van der Waals surface area contributed by atoms with Crippen molar-refractivity contribution in [1.29, 1.82) is 5.26 Å². The largest absolute Gasteiger partial charge is 0.393 e. The van der Waals surface area contributed by atoms with Gasteiger partial charge in [-0.25, -0.2) is 9.97 Å². The molecule has 1 spiro atoms. The zero-order valence-electron chi connectivity index (χ0n) is 17.3. The van der Waals surface area contributed by atoms with Crippen LogP contribution in [0.15, 0.2) is 36.7 Å². The Hall–Kier alpha value is -2.86. The third kappa shape index (κ3) is 4.24. The molecule has 3 aromatic rings. The molecule has 5 rings (SSSR count). The van der Waals surface area contributed by atoms with Gasteiger partial charge in [0, 0.05) is 31.1 Å². The first kappa shape index (κ1) is 21.0. The van der Waals surface area contributed by atoms with Crippen molar-refractivity contribution < 1.29 is 14.6 Å². The van der Waals surface area contributed by atoms with Crippen LogP contribution in [0.2, 0.25) is 0 Å². The Labute approximate surface area is 189 Å². The van der Waals surface area contributed by atoms with Crippen molar-refractivity contribution in [3.05, 3.63) is 47.1 Å². The topological polar surface area (TPSA) is 64.8 Å². The van der Waals surface area contributed by atoms with Gasteiger partial charge in [-0.3, -0.25) is 0 Å². The summed E-state index contributed by atoms with van der Waals surface area (Å²) in [5.41, 5.74) is 2.30. The second-order valence-corrected chi connectivity index (χ2v) is 9.99. The van der Waals surface area contributed by atoms with Crippen LogP contribution in [-0.4, -0.2) is 35.3 Å². The van der Waals surface area contributed by atoms with E-state index in [0.29, 0.717) is 17.3 Å². The Kier molecular flexibility index (Phi) is 5.20. The average molecular weight is 460 g/mol. The molecule has 1 N–H and O–H groups in total. The van der Waals surface area contributed by atoms with E-state index in [1.165, 1.54) is 6.33 Å². The van der Waals surface area contributed by atoms with Gasteiger partial charge in [-0.1, -0.05) is 12.1 Å². The van der Waals surface area contributed by atoms with Crippen molar-refractivity contribution in [1.82, 2.24) is 9.97 Å². The van der Waals surface area contributed by atoms with Crippen molar-refractivity contribution in [2.75, 3.05) is 23.3 Å². The number of anilines is 2. The molecule has 1 saturated heterocycles. The summed E-state index contributed by atoms with van der Waals surface area (Å²) in [6, 6.07) is 12.2. The maximum atomic E-state index is 12.8. The number of hydrogen-bond acceptors (Lipinski definition) is 6. The van der Waals surface area contributed by atoms with Gasteiger partial charge in [0.05, 0.1) is 24.3 Å². The zero-order valence-corrected chi connectivity index (χ0v) is 18.1. The normalized spacial score (nSPS) is 22.8. The summed E-state index contributed by atoms with van der Waals surface area (Å²) >= 11 is 1.10. The van der Waals surface area contributed by atoms with Gasteiger partial charge in [-0.05, 0) is 48.4 Å². The standard InChI is InChI=1S/C23H22F3N5S.H2/c24-23(25,26)12-18-9-19-20(28-14-29-21(19)32-18)31-8-6-22(13-31)10-17(11-22)30-16-3-1-15(2-4-16)5-7-27;/h1-4,9,14,17,30H,5-6,8,10-13H2;1H. The van der Waals surface area contributed by atoms with E-state index in [2.05, 4.69) is 26.3 Å². The Morgan fingerprint density at radius 3 is 2.75 bits per heavy atom. The summed E-state index contributed by atoms with van der Waals surface area (Å²) in [5, 5.41) is 13.1. The minimum Gasteiger partial charge on any atom is -0.382 e. The second kappa shape index (κ2) is 7.93. The van der Waals surface area contributed by atoms with Crippen LogP contribution in [0, 0.1) is 16.7 Å². The molecule has 2 aromatic heterocycles. The van der Waals surface area contributed by atoms with Gasteiger partial charge in [0.2, 0.25) is 0 Å². The number of nitrogens with one attached hydrogen (secondary N) is 1. The van der Waals surface area contributed by atoms with E-state index in [0.717, 1.165) is 66.1 Å². The van der Waals surface area contributed by atoms with Crippen LogP contribution in [0.1, 0.15) is 31.1 Å². The second-order valence-electron chi connectivity index (χ2n) is 8.87. The lowest BCUT2D eigenvalue weighted by molar-refractivity contribution is -0.126. The van der Waals surface area contributed by atoms with Crippen molar-refractivity contribution in [2.45, 2.75) is 44.3 Å². The molecule has 1 aliphatic heterocycles. The maximum absolute atomic E-state index is 12.8. The number of aromatic nitrogens is 2. The number of rotatable bonds is 5. The minimum atomic E-state index is -4.23. The number of hydrogen-bond donors (Lipinski definition) is 1. The number of nitrogens with zero attached hydrogens (tertiary/aromatic N) is 4. The summed E-state index contributed by atoms with van der Waals surface area (Å²) in [6.07, 6.45) is -0.116. The first-order valence-electron chi connectivity index (χ1n) is 10.6. The molecule has 9 heteroatoms. The van der Waals surface area contributed by atoms with E-state index in [1.54, 1.807) is 6.07 Å². The molecule has 0 radical (unpaired) electrons. The summed E-state index contributed by atoms with van der Waals surface area (Å²) in [5.74, 6) is 0.751.